The van der Waals surface area contributed by atoms with Crippen LogP contribution in [0.4, 0.5) is 0 Å². The van der Waals surface area contributed by atoms with Crippen LogP contribution in [0.2, 0.25) is 0 Å². The Labute approximate surface area is 262 Å². The Morgan fingerprint density at radius 3 is 1.49 bits per heavy atom. The van der Waals surface area contributed by atoms with Crippen LogP contribution >= 0.6 is 0 Å². The molecule has 1 aromatic heterocycles. The third-order valence-electron chi connectivity index (χ3n) is 9.62. The third kappa shape index (κ3) is 4.10. The lowest BCUT2D eigenvalue weighted by Gasteiger charge is -2.22. The van der Waals surface area contributed by atoms with Gasteiger partial charge in [-0.15, -0.1) is 0 Å². The molecule has 45 heavy (non-hydrogen) atoms. The molecule has 0 saturated carbocycles. The zero-order chi connectivity index (χ0) is 30.1. The van der Waals surface area contributed by atoms with Crippen LogP contribution in [-0.4, -0.2) is 9.97 Å². The highest BCUT2D eigenvalue weighted by Gasteiger charge is 2.37. The minimum atomic E-state index is -0.137. The van der Waals surface area contributed by atoms with E-state index in [0.717, 1.165) is 33.9 Å². The number of nitrogens with zero attached hydrogens (tertiary/aromatic N) is 2. The maximum atomic E-state index is 5.32. The number of hydrogen-bond donors (Lipinski definition) is 0. The Morgan fingerprint density at radius 2 is 0.911 bits per heavy atom. The van der Waals surface area contributed by atoms with E-state index in [9.17, 15) is 0 Å². The smallest absolute Gasteiger partial charge is 0.161 e. The van der Waals surface area contributed by atoms with Crippen LogP contribution in [0, 0.1) is 0 Å². The lowest BCUT2D eigenvalue weighted by atomic mass is 9.81. The first-order valence-corrected chi connectivity index (χ1v) is 15.6. The van der Waals surface area contributed by atoms with Crippen LogP contribution in [-0.2, 0) is 5.41 Å². The van der Waals surface area contributed by atoms with Gasteiger partial charge in [-0.3, -0.25) is 0 Å². The minimum Gasteiger partial charge on any atom is -0.228 e. The van der Waals surface area contributed by atoms with E-state index >= 15 is 0 Å². The molecule has 8 aromatic rings. The van der Waals surface area contributed by atoms with Gasteiger partial charge in [-0.25, -0.2) is 9.97 Å². The predicted molar refractivity (Wildman–Crippen MR) is 188 cm³/mol. The molecule has 0 N–H and O–H groups in total. The average molecular weight is 575 g/mol. The topological polar surface area (TPSA) is 25.8 Å². The fraction of sp³-hybridized carbons (Fsp3) is 0.0698. The molecule has 9 rings (SSSR count). The maximum absolute atomic E-state index is 5.32. The van der Waals surface area contributed by atoms with Crippen molar-refractivity contribution in [3.05, 3.63) is 157 Å². The fourth-order valence-corrected chi connectivity index (χ4v) is 7.22. The van der Waals surface area contributed by atoms with Gasteiger partial charge in [-0.05, 0) is 84.9 Å². The summed E-state index contributed by atoms with van der Waals surface area (Å²) in [6.45, 7) is 4.67. The van der Waals surface area contributed by atoms with Crippen LogP contribution in [0.5, 0.6) is 0 Å². The molecule has 0 aliphatic heterocycles. The highest BCUT2D eigenvalue weighted by molar-refractivity contribution is 5.98. The Morgan fingerprint density at radius 1 is 0.400 bits per heavy atom. The SMILES string of the molecule is CC1(C)c2cc3ccccc3cc2-c2c(-c3nc(-c4ccc5ccccc5c4)cc(-c4ccc5ccccc5c4)n3)cccc21. The Hall–Kier alpha value is -5.60. The van der Waals surface area contributed by atoms with Gasteiger partial charge in [-0.1, -0.05) is 129 Å². The summed E-state index contributed by atoms with van der Waals surface area (Å²) in [6.07, 6.45) is 0. The van der Waals surface area contributed by atoms with Gasteiger partial charge < -0.3 is 0 Å². The van der Waals surface area contributed by atoms with Crippen molar-refractivity contribution in [3.63, 3.8) is 0 Å². The van der Waals surface area contributed by atoms with E-state index in [1.807, 2.05) is 0 Å². The van der Waals surface area contributed by atoms with E-state index in [2.05, 4.69) is 159 Å². The molecule has 0 amide bonds. The average Bonchev–Trinajstić information content (AvgIpc) is 3.32. The van der Waals surface area contributed by atoms with Crippen molar-refractivity contribution in [3.8, 4) is 45.0 Å². The van der Waals surface area contributed by atoms with E-state index in [1.165, 1.54) is 54.6 Å². The molecule has 0 fully saturated rings. The second-order valence-electron chi connectivity index (χ2n) is 12.7. The summed E-state index contributed by atoms with van der Waals surface area (Å²) in [6, 6.07) is 52.4. The monoisotopic (exact) mass is 574 g/mol. The summed E-state index contributed by atoms with van der Waals surface area (Å²) in [7, 11) is 0. The molecule has 1 aliphatic rings. The van der Waals surface area contributed by atoms with Crippen molar-refractivity contribution in [1.29, 1.82) is 0 Å². The second kappa shape index (κ2) is 9.70. The van der Waals surface area contributed by atoms with Gasteiger partial charge in [0.2, 0.25) is 0 Å². The maximum Gasteiger partial charge on any atom is 0.161 e. The van der Waals surface area contributed by atoms with Crippen LogP contribution < -0.4 is 0 Å². The second-order valence-corrected chi connectivity index (χ2v) is 12.7. The lowest BCUT2D eigenvalue weighted by Crippen LogP contribution is -2.14. The van der Waals surface area contributed by atoms with Crippen molar-refractivity contribution in [2.24, 2.45) is 0 Å². The largest absolute Gasteiger partial charge is 0.228 e. The normalized spacial score (nSPS) is 13.3. The zero-order valence-electron chi connectivity index (χ0n) is 25.3. The van der Waals surface area contributed by atoms with E-state index < -0.39 is 0 Å². The molecule has 0 radical (unpaired) electrons. The molecule has 2 heteroatoms. The quantitative estimate of drug-likeness (QED) is 0.210. The first kappa shape index (κ1) is 25.9. The number of aromatic nitrogens is 2. The number of fused-ring (bicyclic) bond motifs is 6. The van der Waals surface area contributed by atoms with Gasteiger partial charge in [-0.2, -0.15) is 0 Å². The molecule has 212 valence electrons. The van der Waals surface area contributed by atoms with E-state index in [-0.39, 0.29) is 5.41 Å². The highest BCUT2D eigenvalue weighted by Crippen LogP contribution is 2.53. The van der Waals surface area contributed by atoms with Gasteiger partial charge >= 0.3 is 0 Å². The molecular weight excluding hydrogens is 544 g/mol. The molecule has 0 saturated heterocycles. The summed E-state index contributed by atoms with van der Waals surface area (Å²) >= 11 is 0. The van der Waals surface area contributed by atoms with Gasteiger partial charge in [0, 0.05) is 22.1 Å². The summed E-state index contributed by atoms with van der Waals surface area (Å²) in [4.78, 5) is 10.6. The molecular formula is C43H30N2. The van der Waals surface area contributed by atoms with Crippen LogP contribution in [0.15, 0.2) is 146 Å². The first-order valence-electron chi connectivity index (χ1n) is 15.6. The summed E-state index contributed by atoms with van der Waals surface area (Å²) in [5.41, 5.74) is 10.1. The number of benzene rings is 7. The Kier molecular flexibility index (Phi) is 5.58. The first-order chi connectivity index (χ1) is 22.0. The van der Waals surface area contributed by atoms with Gasteiger partial charge in [0.15, 0.2) is 5.82 Å². The summed E-state index contributed by atoms with van der Waals surface area (Å²) in [5, 5.41) is 7.36. The predicted octanol–water partition coefficient (Wildman–Crippen LogP) is 11.2. The highest BCUT2D eigenvalue weighted by atomic mass is 14.9. The van der Waals surface area contributed by atoms with Crippen molar-refractivity contribution in [1.82, 2.24) is 9.97 Å². The lowest BCUT2D eigenvalue weighted by molar-refractivity contribution is 0.661. The molecule has 0 bridgehead atoms. The van der Waals surface area contributed by atoms with E-state index in [0.29, 0.717) is 0 Å². The zero-order valence-corrected chi connectivity index (χ0v) is 25.3. The molecule has 0 unspecified atom stereocenters. The Balaban J connectivity index is 1.31. The van der Waals surface area contributed by atoms with Gasteiger partial charge in [0.05, 0.1) is 11.4 Å². The van der Waals surface area contributed by atoms with E-state index in [4.69, 9.17) is 9.97 Å². The molecule has 1 aliphatic carbocycles. The van der Waals surface area contributed by atoms with Crippen LogP contribution in [0.3, 0.4) is 0 Å². The van der Waals surface area contributed by atoms with Crippen LogP contribution in [0.25, 0.3) is 77.3 Å². The molecule has 0 atom stereocenters. The van der Waals surface area contributed by atoms with Crippen molar-refractivity contribution >= 4 is 32.3 Å². The third-order valence-corrected chi connectivity index (χ3v) is 9.62. The fourth-order valence-electron chi connectivity index (χ4n) is 7.22. The molecule has 2 nitrogen and oxygen atoms in total. The van der Waals surface area contributed by atoms with Crippen molar-refractivity contribution in [2.45, 2.75) is 19.3 Å². The molecule has 7 aromatic carbocycles. The van der Waals surface area contributed by atoms with Gasteiger partial charge in [0.25, 0.3) is 0 Å². The van der Waals surface area contributed by atoms with E-state index in [1.54, 1.807) is 0 Å². The summed E-state index contributed by atoms with van der Waals surface area (Å²) < 4.78 is 0. The van der Waals surface area contributed by atoms with Gasteiger partial charge in [0.1, 0.15) is 0 Å². The molecule has 1 heterocycles. The number of hydrogen-bond acceptors (Lipinski definition) is 2. The van der Waals surface area contributed by atoms with Crippen LogP contribution in [0.1, 0.15) is 25.0 Å². The van der Waals surface area contributed by atoms with Crippen molar-refractivity contribution < 1.29 is 0 Å². The number of rotatable bonds is 3. The standard InChI is InChI=1S/C43H30N2/c1-43(2)37-17-9-16-35(41(37)36-24-31-14-7-8-15-32(31)25-38(36)43)42-44-39(33-20-18-27-10-3-5-12-29(27)22-33)26-40(45-42)34-21-19-28-11-4-6-13-30(28)23-34/h3-26H,1-2H3. The minimum absolute atomic E-state index is 0.137. The summed E-state index contributed by atoms with van der Waals surface area (Å²) in [5.74, 6) is 0.748. The van der Waals surface area contributed by atoms with Crippen molar-refractivity contribution in [2.75, 3.05) is 0 Å². The Bertz CT molecular complexity index is 2370. The molecule has 0 spiro atoms.